The summed E-state index contributed by atoms with van der Waals surface area (Å²) in [6, 6.07) is 0. The molecule has 0 aliphatic rings. The van der Waals surface area contributed by atoms with Crippen molar-refractivity contribution < 1.29 is 23.1 Å². The van der Waals surface area contributed by atoms with Gasteiger partial charge in [-0.15, -0.1) is 0 Å². The summed E-state index contributed by atoms with van der Waals surface area (Å²) in [4.78, 5) is 11.9. The summed E-state index contributed by atoms with van der Waals surface area (Å²) in [5.41, 5.74) is -2.17. The van der Waals surface area contributed by atoms with Crippen molar-refractivity contribution in [2.75, 3.05) is 0 Å². The lowest BCUT2D eigenvalue weighted by Gasteiger charge is -2.27. The molecule has 18 heavy (non-hydrogen) atoms. The first-order chi connectivity index (χ1) is 7.82. The third-order valence-electron chi connectivity index (χ3n) is 3.00. The van der Waals surface area contributed by atoms with Crippen molar-refractivity contribution in [3.05, 3.63) is 11.8 Å². The van der Waals surface area contributed by atoms with E-state index in [4.69, 9.17) is 0 Å². The van der Waals surface area contributed by atoms with E-state index in [9.17, 15) is 23.1 Å². The molecule has 0 saturated heterocycles. The number of aliphatic hydroxyl groups is 1. The predicted molar refractivity (Wildman–Crippen MR) is 64.2 cm³/mol. The van der Waals surface area contributed by atoms with Crippen molar-refractivity contribution in [2.24, 2.45) is 10.8 Å². The van der Waals surface area contributed by atoms with E-state index in [0.717, 1.165) is 6.08 Å². The molecular formula is C13H21F3O2. The smallest absolute Gasteiger partial charge is 0.390 e. The average molecular weight is 266 g/mol. The highest BCUT2D eigenvalue weighted by Crippen LogP contribution is 2.37. The van der Waals surface area contributed by atoms with Crippen LogP contribution in [0.2, 0.25) is 0 Å². The normalized spacial score (nSPS) is 17.4. The lowest BCUT2D eigenvalue weighted by molar-refractivity contribution is -0.163. The fourth-order valence-electron chi connectivity index (χ4n) is 1.34. The van der Waals surface area contributed by atoms with E-state index >= 15 is 0 Å². The molecule has 0 saturated carbocycles. The Hall–Kier alpha value is -1.00. The Balaban J connectivity index is 5.16. The fourth-order valence-corrected chi connectivity index (χ4v) is 1.34. The number of hydrogen-bond acceptors (Lipinski definition) is 2. The second-order valence-electron chi connectivity index (χ2n) is 5.85. The van der Waals surface area contributed by atoms with Crippen LogP contribution in [0.25, 0.3) is 0 Å². The number of aliphatic hydroxyl groups excluding tert-OH is 1. The van der Waals surface area contributed by atoms with Crippen LogP contribution in [0.3, 0.4) is 0 Å². The lowest BCUT2D eigenvalue weighted by atomic mass is 9.78. The van der Waals surface area contributed by atoms with E-state index in [2.05, 4.69) is 0 Å². The molecule has 0 aromatic rings. The van der Waals surface area contributed by atoms with Crippen LogP contribution < -0.4 is 0 Å². The topological polar surface area (TPSA) is 37.3 Å². The molecule has 0 spiro atoms. The second kappa shape index (κ2) is 5.33. The third-order valence-corrected chi connectivity index (χ3v) is 3.00. The first-order valence-electron chi connectivity index (χ1n) is 5.84. The molecule has 0 fully saturated rings. The summed E-state index contributed by atoms with van der Waals surface area (Å²) in [7, 11) is 0. The number of rotatable bonds is 4. The van der Waals surface area contributed by atoms with Crippen molar-refractivity contribution in [1.29, 1.82) is 0 Å². The fraction of sp³-hybridized carbons (Fsp3) is 0.769. The van der Waals surface area contributed by atoms with Crippen LogP contribution in [-0.2, 0) is 4.79 Å². The molecule has 0 heterocycles. The number of hydrogen-bond donors (Lipinski definition) is 1. The molecule has 0 aliphatic heterocycles. The largest absolute Gasteiger partial charge is 0.512 e. The lowest BCUT2D eigenvalue weighted by Crippen LogP contribution is -2.32. The summed E-state index contributed by atoms with van der Waals surface area (Å²) in [6.07, 6.45) is -4.58. The van der Waals surface area contributed by atoms with Crippen LogP contribution in [-0.4, -0.2) is 17.1 Å². The van der Waals surface area contributed by atoms with Crippen molar-refractivity contribution in [2.45, 2.75) is 53.6 Å². The highest BCUT2D eigenvalue weighted by Gasteiger charge is 2.42. The summed E-state index contributed by atoms with van der Waals surface area (Å²) in [6.45, 7) is 7.85. The van der Waals surface area contributed by atoms with Gasteiger partial charge < -0.3 is 5.11 Å². The monoisotopic (exact) mass is 266 g/mol. The minimum Gasteiger partial charge on any atom is -0.512 e. The van der Waals surface area contributed by atoms with Crippen molar-refractivity contribution in [3.8, 4) is 0 Å². The standard InChI is InChI=1S/C13H21F3O2/c1-6-12(5,8-13(14,15)16)10(18)7-9(17)11(2,3)4/h7,17H,6,8H2,1-5H3/b9-7-. The van der Waals surface area contributed by atoms with Gasteiger partial charge in [0.15, 0.2) is 5.78 Å². The highest BCUT2D eigenvalue weighted by molar-refractivity contribution is 5.95. The summed E-state index contributed by atoms with van der Waals surface area (Å²) in [5, 5.41) is 9.67. The Labute approximate surface area is 106 Å². The predicted octanol–water partition coefficient (Wildman–Crippen LogP) is 4.41. The number of carbonyl (C=O) groups is 1. The van der Waals surface area contributed by atoms with E-state index < -0.39 is 29.2 Å². The minimum atomic E-state index is -4.40. The number of halogens is 3. The maximum absolute atomic E-state index is 12.4. The molecule has 2 nitrogen and oxygen atoms in total. The number of ketones is 1. The molecule has 0 aromatic carbocycles. The van der Waals surface area contributed by atoms with Crippen LogP contribution in [0.4, 0.5) is 13.2 Å². The number of carbonyl (C=O) groups excluding carboxylic acids is 1. The van der Waals surface area contributed by atoms with Crippen LogP contribution in [0.1, 0.15) is 47.5 Å². The van der Waals surface area contributed by atoms with Gasteiger partial charge in [0.25, 0.3) is 0 Å². The molecule has 0 aromatic heterocycles. The van der Waals surface area contributed by atoms with E-state index in [1.807, 2.05) is 0 Å². The van der Waals surface area contributed by atoms with Gasteiger partial charge in [0, 0.05) is 16.9 Å². The van der Waals surface area contributed by atoms with E-state index in [0.29, 0.717) is 0 Å². The first kappa shape index (κ1) is 17.0. The summed E-state index contributed by atoms with van der Waals surface area (Å²) in [5.74, 6) is -0.885. The molecule has 5 heteroatoms. The van der Waals surface area contributed by atoms with E-state index in [1.165, 1.54) is 13.8 Å². The van der Waals surface area contributed by atoms with E-state index in [1.54, 1.807) is 20.8 Å². The second-order valence-corrected chi connectivity index (χ2v) is 5.85. The van der Waals surface area contributed by atoms with Crippen LogP contribution in [0, 0.1) is 10.8 Å². The molecule has 0 aliphatic carbocycles. The van der Waals surface area contributed by atoms with Gasteiger partial charge in [-0.05, 0) is 6.42 Å². The summed E-state index contributed by atoms with van der Waals surface area (Å²) >= 11 is 0. The molecule has 106 valence electrons. The molecule has 0 bridgehead atoms. The third kappa shape index (κ3) is 5.10. The van der Waals surface area contributed by atoms with Crippen molar-refractivity contribution in [3.63, 3.8) is 0 Å². The number of allylic oxidation sites excluding steroid dienone is 2. The Morgan fingerprint density at radius 3 is 1.89 bits per heavy atom. The maximum atomic E-state index is 12.4. The Morgan fingerprint density at radius 2 is 1.61 bits per heavy atom. The van der Waals surface area contributed by atoms with Gasteiger partial charge in [0.1, 0.15) is 5.76 Å². The Kier molecular flexibility index (Phi) is 5.03. The van der Waals surface area contributed by atoms with Gasteiger partial charge in [-0.2, -0.15) is 13.2 Å². The van der Waals surface area contributed by atoms with E-state index in [-0.39, 0.29) is 12.2 Å². The molecule has 1 atom stereocenters. The molecule has 1 N–H and O–H groups in total. The molecule has 1 unspecified atom stereocenters. The van der Waals surface area contributed by atoms with Crippen LogP contribution in [0.15, 0.2) is 11.8 Å². The van der Waals surface area contributed by atoms with Crippen molar-refractivity contribution >= 4 is 5.78 Å². The molecule has 0 rings (SSSR count). The van der Waals surface area contributed by atoms with Gasteiger partial charge in [-0.25, -0.2) is 0 Å². The van der Waals surface area contributed by atoms with Gasteiger partial charge in [-0.3, -0.25) is 4.79 Å². The first-order valence-corrected chi connectivity index (χ1v) is 5.84. The highest BCUT2D eigenvalue weighted by atomic mass is 19.4. The van der Waals surface area contributed by atoms with Gasteiger partial charge >= 0.3 is 6.18 Å². The average Bonchev–Trinajstić information content (AvgIpc) is 2.13. The Morgan fingerprint density at radius 1 is 1.17 bits per heavy atom. The van der Waals surface area contributed by atoms with Gasteiger partial charge in [0.05, 0.1) is 6.42 Å². The molecular weight excluding hydrogens is 245 g/mol. The minimum absolute atomic E-state index is 0.0687. The van der Waals surface area contributed by atoms with Crippen LogP contribution >= 0.6 is 0 Å². The van der Waals surface area contributed by atoms with Crippen LogP contribution in [0.5, 0.6) is 0 Å². The summed E-state index contributed by atoms with van der Waals surface area (Å²) < 4.78 is 37.3. The molecule has 0 amide bonds. The zero-order chi connectivity index (χ0) is 14.8. The molecule has 0 radical (unpaired) electrons. The van der Waals surface area contributed by atoms with Gasteiger partial charge in [-0.1, -0.05) is 34.6 Å². The Bertz CT molecular complexity index is 337. The quantitative estimate of drug-likeness (QED) is 0.604. The zero-order valence-electron chi connectivity index (χ0n) is 11.5. The SMILES string of the molecule is CCC(C)(CC(F)(F)F)C(=O)/C=C(\O)C(C)(C)C. The van der Waals surface area contributed by atoms with Crippen molar-refractivity contribution in [1.82, 2.24) is 0 Å². The zero-order valence-corrected chi connectivity index (χ0v) is 11.5. The number of alkyl halides is 3. The maximum Gasteiger partial charge on any atom is 0.390 e. The van der Waals surface area contributed by atoms with Gasteiger partial charge in [0.2, 0.25) is 0 Å².